The summed E-state index contributed by atoms with van der Waals surface area (Å²) in [4.78, 5) is 13.7. The Balaban J connectivity index is 1.42. The lowest BCUT2D eigenvalue weighted by Gasteiger charge is -2.36. The maximum Gasteiger partial charge on any atom is 0.229 e. The molecular weight excluding hydrogens is 358 g/mol. The average molecular weight is 380 g/mol. The van der Waals surface area contributed by atoms with E-state index in [4.69, 9.17) is 11.6 Å². The Morgan fingerprint density at radius 1 is 0.926 bits per heavy atom. The summed E-state index contributed by atoms with van der Waals surface area (Å²) in [5, 5.41) is 3.94. The molecule has 0 unspecified atom stereocenters. The van der Waals surface area contributed by atoms with Crippen molar-refractivity contribution in [2.45, 2.75) is 6.92 Å². The van der Waals surface area contributed by atoms with Crippen LogP contribution in [0, 0.1) is 6.92 Å². The van der Waals surface area contributed by atoms with Crippen LogP contribution in [-0.4, -0.2) is 36.1 Å². The number of rotatable bonds is 4. The largest absolute Gasteiger partial charge is 0.368 e. The Hall–Kier alpha value is -2.79. The number of halogens is 1. The van der Waals surface area contributed by atoms with Gasteiger partial charge in [-0.05, 0) is 55.0 Å². The van der Waals surface area contributed by atoms with E-state index in [-0.39, 0.29) is 0 Å². The normalized spacial score (nSPS) is 14.3. The van der Waals surface area contributed by atoms with Crippen LogP contribution >= 0.6 is 11.6 Å². The SMILES string of the molecule is Cc1cccc(N2CCN(c3ccnc(Nc4ccc(Cl)cc4)n3)CC2)c1. The van der Waals surface area contributed by atoms with Crippen molar-refractivity contribution in [2.75, 3.05) is 41.3 Å². The van der Waals surface area contributed by atoms with Gasteiger partial charge in [0.2, 0.25) is 5.95 Å². The molecule has 0 amide bonds. The number of nitrogens with zero attached hydrogens (tertiary/aromatic N) is 4. The van der Waals surface area contributed by atoms with Gasteiger partial charge in [-0.25, -0.2) is 4.98 Å². The Kier molecular flexibility index (Phi) is 5.12. The van der Waals surface area contributed by atoms with Gasteiger partial charge in [-0.1, -0.05) is 23.7 Å². The topological polar surface area (TPSA) is 44.3 Å². The fraction of sp³-hybridized carbons (Fsp3) is 0.238. The number of hydrogen-bond acceptors (Lipinski definition) is 5. The fourth-order valence-corrected chi connectivity index (χ4v) is 3.39. The Labute approximate surface area is 164 Å². The minimum atomic E-state index is 0.593. The molecule has 3 aromatic rings. The molecule has 2 heterocycles. The molecule has 1 saturated heterocycles. The zero-order valence-corrected chi connectivity index (χ0v) is 16.0. The third-order valence-corrected chi connectivity index (χ3v) is 4.96. The second-order valence-electron chi connectivity index (χ2n) is 6.68. The molecule has 1 aliphatic heterocycles. The monoisotopic (exact) mass is 379 g/mol. The molecule has 0 saturated carbocycles. The summed E-state index contributed by atoms with van der Waals surface area (Å²) in [6.07, 6.45) is 1.80. The van der Waals surface area contributed by atoms with E-state index in [1.54, 1.807) is 6.20 Å². The third kappa shape index (κ3) is 4.31. The molecule has 0 spiro atoms. The number of piperazine rings is 1. The van der Waals surface area contributed by atoms with Gasteiger partial charge in [0.15, 0.2) is 0 Å². The minimum absolute atomic E-state index is 0.593. The number of anilines is 4. The van der Waals surface area contributed by atoms with Crippen LogP contribution in [0.1, 0.15) is 5.56 Å². The van der Waals surface area contributed by atoms with Gasteiger partial charge < -0.3 is 15.1 Å². The van der Waals surface area contributed by atoms with Gasteiger partial charge in [-0.3, -0.25) is 0 Å². The molecule has 0 aliphatic carbocycles. The predicted octanol–water partition coefficient (Wildman–Crippen LogP) is 4.51. The number of aryl methyl sites for hydroxylation is 1. The second-order valence-corrected chi connectivity index (χ2v) is 7.12. The Morgan fingerprint density at radius 2 is 1.67 bits per heavy atom. The minimum Gasteiger partial charge on any atom is -0.368 e. The molecular formula is C21H22ClN5. The van der Waals surface area contributed by atoms with Crippen molar-refractivity contribution >= 4 is 34.7 Å². The Morgan fingerprint density at radius 3 is 2.41 bits per heavy atom. The molecule has 1 aliphatic rings. The molecule has 0 bridgehead atoms. The van der Waals surface area contributed by atoms with Crippen molar-refractivity contribution in [3.8, 4) is 0 Å². The standard InChI is InChI=1S/C21H22ClN5/c1-16-3-2-4-19(15-16)26-11-13-27(14-12-26)20-9-10-23-21(25-20)24-18-7-5-17(22)6-8-18/h2-10,15H,11-14H2,1H3,(H,23,24,25). The van der Waals surface area contributed by atoms with Crippen molar-refractivity contribution < 1.29 is 0 Å². The molecule has 0 radical (unpaired) electrons. The molecule has 1 fully saturated rings. The van der Waals surface area contributed by atoms with Crippen LogP contribution in [-0.2, 0) is 0 Å². The van der Waals surface area contributed by atoms with E-state index in [1.165, 1.54) is 11.3 Å². The summed E-state index contributed by atoms with van der Waals surface area (Å²) < 4.78 is 0. The zero-order valence-electron chi connectivity index (χ0n) is 15.3. The van der Waals surface area contributed by atoms with Crippen LogP contribution in [0.3, 0.4) is 0 Å². The van der Waals surface area contributed by atoms with Crippen molar-refractivity contribution in [1.82, 2.24) is 9.97 Å². The molecule has 27 heavy (non-hydrogen) atoms. The van der Waals surface area contributed by atoms with Gasteiger partial charge in [0, 0.05) is 48.8 Å². The van der Waals surface area contributed by atoms with E-state index in [9.17, 15) is 0 Å². The van der Waals surface area contributed by atoms with E-state index in [1.807, 2.05) is 30.3 Å². The number of nitrogens with one attached hydrogen (secondary N) is 1. The van der Waals surface area contributed by atoms with E-state index >= 15 is 0 Å². The predicted molar refractivity (Wildman–Crippen MR) is 112 cm³/mol. The lowest BCUT2D eigenvalue weighted by Crippen LogP contribution is -2.46. The highest BCUT2D eigenvalue weighted by Crippen LogP contribution is 2.22. The number of aromatic nitrogens is 2. The van der Waals surface area contributed by atoms with Crippen molar-refractivity contribution in [1.29, 1.82) is 0 Å². The third-order valence-electron chi connectivity index (χ3n) is 4.71. The summed E-state index contributed by atoms with van der Waals surface area (Å²) in [7, 11) is 0. The van der Waals surface area contributed by atoms with Gasteiger partial charge >= 0.3 is 0 Å². The summed E-state index contributed by atoms with van der Waals surface area (Å²) in [6, 6.07) is 18.2. The quantitative estimate of drug-likeness (QED) is 0.722. The molecule has 1 aromatic heterocycles. The lowest BCUT2D eigenvalue weighted by atomic mass is 10.2. The molecule has 138 valence electrons. The average Bonchev–Trinajstić information content (AvgIpc) is 2.70. The van der Waals surface area contributed by atoms with Crippen LogP contribution in [0.5, 0.6) is 0 Å². The van der Waals surface area contributed by atoms with E-state index in [2.05, 4.69) is 56.3 Å². The van der Waals surface area contributed by atoms with Crippen LogP contribution < -0.4 is 15.1 Å². The smallest absolute Gasteiger partial charge is 0.229 e. The van der Waals surface area contributed by atoms with Gasteiger partial charge in [0.1, 0.15) is 5.82 Å². The highest BCUT2D eigenvalue weighted by atomic mass is 35.5. The maximum absolute atomic E-state index is 5.94. The van der Waals surface area contributed by atoms with Crippen LogP contribution in [0.15, 0.2) is 60.8 Å². The van der Waals surface area contributed by atoms with Crippen LogP contribution in [0.25, 0.3) is 0 Å². The van der Waals surface area contributed by atoms with E-state index in [0.29, 0.717) is 11.0 Å². The molecule has 1 N–H and O–H groups in total. The van der Waals surface area contributed by atoms with Gasteiger partial charge in [0.25, 0.3) is 0 Å². The first-order valence-electron chi connectivity index (χ1n) is 9.09. The molecule has 2 aromatic carbocycles. The van der Waals surface area contributed by atoms with Crippen LogP contribution in [0.4, 0.5) is 23.1 Å². The lowest BCUT2D eigenvalue weighted by molar-refractivity contribution is 0.647. The first kappa shape index (κ1) is 17.6. The van der Waals surface area contributed by atoms with Crippen LogP contribution in [0.2, 0.25) is 5.02 Å². The first-order valence-corrected chi connectivity index (χ1v) is 9.47. The zero-order chi connectivity index (χ0) is 18.6. The molecule has 5 nitrogen and oxygen atoms in total. The highest BCUT2D eigenvalue weighted by molar-refractivity contribution is 6.30. The first-order chi connectivity index (χ1) is 13.2. The van der Waals surface area contributed by atoms with Crippen molar-refractivity contribution in [3.05, 3.63) is 71.4 Å². The Bertz CT molecular complexity index is 904. The fourth-order valence-electron chi connectivity index (χ4n) is 3.27. The van der Waals surface area contributed by atoms with Gasteiger partial charge in [0.05, 0.1) is 0 Å². The number of benzene rings is 2. The highest BCUT2D eigenvalue weighted by Gasteiger charge is 2.18. The summed E-state index contributed by atoms with van der Waals surface area (Å²) in [5.41, 5.74) is 3.51. The summed E-state index contributed by atoms with van der Waals surface area (Å²) in [6.45, 7) is 5.97. The molecule has 0 atom stereocenters. The number of hydrogen-bond donors (Lipinski definition) is 1. The van der Waals surface area contributed by atoms with Crippen molar-refractivity contribution in [2.24, 2.45) is 0 Å². The van der Waals surface area contributed by atoms with Gasteiger partial charge in [-0.2, -0.15) is 4.98 Å². The maximum atomic E-state index is 5.94. The van der Waals surface area contributed by atoms with E-state index in [0.717, 1.165) is 37.7 Å². The second kappa shape index (κ2) is 7.84. The molecule has 4 rings (SSSR count). The van der Waals surface area contributed by atoms with Crippen molar-refractivity contribution in [3.63, 3.8) is 0 Å². The van der Waals surface area contributed by atoms with Gasteiger partial charge in [-0.15, -0.1) is 0 Å². The summed E-state index contributed by atoms with van der Waals surface area (Å²) >= 11 is 5.94. The summed E-state index contributed by atoms with van der Waals surface area (Å²) in [5.74, 6) is 1.54. The molecule has 6 heteroatoms. The van der Waals surface area contributed by atoms with E-state index < -0.39 is 0 Å².